The number of nitrogens with zero attached hydrogens (tertiary/aromatic N) is 1. The van der Waals surface area contributed by atoms with Gasteiger partial charge in [0.1, 0.15) is 17.2 Å². The normalized spacial score (nSPS) is 29.5. The summed E-state index contributed by atoms with van der Waals surface area (Å²) in [6.45, 7) is 5.91. The largest absolute Gasteiger partial charge is 0.481 e. The molecule has 3 nitrogen and oxygen atoms in total. The van der Waals surface area contributed by atoms with Gasteiger partial charge in [0.2, 0.25) is 0 Å². The maximum absolute atomic E-state index is 15.8. The molecule has 0 saturated heterocycles. The fourth-order valence-corrected chi connectivity index (χ4v) is 7.60. The number of aliphatic imine (C=N–C) groups is 1. The Morgan fingerprint density at radius 3 is 2.26 bits per heavy atom. The van der Waals surface area contributed by atoms with E-state index in [1.807, 2.05) is 20.8 Å². The lowest BCUT2D eigenvalue weighted by Gasteiger charge is -2.48. The number of benzene rings is 2. The molecule has 1 fully saturated rings. The van der Waals surface area contributed by atoms with Gasteiger partial charge in [-0.1, -0.05) is 68.1 Å². The summed E-state index contributed by atoms with van der Waals surface area (Å²) < 4.78 is 61.5. The van der Waals surface area contributed by atoms with Crippen molar-refractivity contribution in [2.75, 3.05) is 0 Å². The Morgan fingerprint density at radius 1 is 1.13 bits per heavy atom. The van der Waals surface area contributed by atoms with Crippen LogP contribution in [0.4, 0.5) is 17.6 Å². The molecule has 6 atom stereocenters. The highest BCUT2D eigenvalue weighted by Gasteiger charge is 2.72. The van der Waals surface area contributed by atoms with Crippen LogP contribution in [0.15, 0.2) is 39.8 Å². The van der Waals surface area contributed by atoms with Crippen molar-refractivity contribution in [2.45, 2.75) is 57.7 Å². The molecule has 2 aromatic carbocycles. The first-order chi connectivity index (χ1) is 18.1. The Balaban J connectivity index is 2.11. The van der Waals surface area contributed by atoms with Gasteiger partial charge in [0.05, 0.1) is 31.3 Å². The van der Waals surface area contributed by atoms with Gasteiger partial charge in [-0.3, -0.25) is 9.79 Å². The second-order valence-electron chi connectivity index (χ2n) is 11.0. The van der Waals surface area contributed by atoms with Crippen LogP contribution in [-0.2, 0) is 10.2 Å². The van der Waals surface area contributed by atoms with Gasteiger partial charge in [0.25, 0.3) is 0 Å². The first-order valence-corrected chi connectivity index (χ1v) is 14.5. The lowest BCUT2D eigenvalue weighted by molar-refractivity contribution is -0.214. The van der Waals surface area contributed by atoms with Crippen LogP contribution in [0, 0.1) is 35.4 Å². The van der Waals surface area contributed by atoms with E-state index in [9.17, 15) is 14.3 Å². The van der Waals surface area contributed by atoms with Crippen LogP contribution in [0.25, 0.3) is 0 Å². The summed E-state index contributed by atoms with van der Waals surface area (Å²) in [7, 11) is 0. The van der Waals surface area contributed by atoms with Crippen LogP contribution in [0.2, 0.25) is 15.1 Å². The van der Waals surface area contributed by atoms with E-state index >= 15 is 13.2 Å². The molecular formula is C28H27BrCl3F4NO2. The molecule has 212 valence electrons. The zero-order valence-corrected chi connectivity index (χ0v) is 25.2. The molecule has 0 radical (unpaired) electrons. The molecular weight excluding hydrogens is 645 g/mol. The first-order valence-electron chi connectivity index (χ1n) is 12.6. The number of alkyl halides is 3. The molecule has 1 aliphatic carbocycles. The minimum Gasteiger partial charge on any atom is -0.481 e. The molecule has 0 bridgehead atoms. The van der Waals surface area contributed by atoms with Crippen molar-refractivity contribution < 1.29 is 27.5 Å². The van der Waals surface area contributed by atoms with Gasteiger partial charge in [0.15, 0.2) is 0 Å². The molecule has 11 heteroatoms. The lowest BCUT2D eigenvalue weighted by Crippen LogP contribution is -2.59. The summed E-state index contributed by atoms with van der Waals surface area (Å²) >= 11 is 21.7. The molecule has 1 heterocycles. The number of hydrogen-bond donors (Lipinski definition) is 1. The van der Waals surface area contributed by atoms with Gasteiger partial charge >= 0.3 is 12.1 Å². The quantitative estimate of drug-likeness (QED) is 0.254. The van der Waals surface area contributed by atoms with Gasteiger partial charge in [-0.05, 0) is 87.8 Å². The predicted octanol–water partition coefficient (Wildman–Crippen LogP) is 9.63. The van der Waals surface area contributed by atoms with Crippen LogP contribution >= 0.6 is 50.7 Å². The maximum Gasteiger partial charge on any atom is 0.401 e. The van der Waals surface area contributed by atoms with Crippen molar-refractivity contribution in [2.24, 2.45) is 34.6 Å². The number of rotatable bonds is 5. The average Bonchev–Trinajstić information content (AvgIpc) is 3.21. The van der Waals surface area contributed by atoms with E-state index in [1.165, 1.54) is 12.1 Å². The number of carboxylic acids is 1. The van der Waals surface area contributed by atoms with Crippen LogP contribution in [0.3, 0.4) is 0 Å². The van der Waals surface area contributed by atoms with Gasteiger partial charge in [-0.15, -0.1) is 0 Å². The van der Waals surface area contributed by atoms with Crippen molar-refractivity contribution in [1.82, 2.24) is 0 Å². The van der Waals surface area contributed by atoms with Crippen molar-refractivity contribution in [3.05, 3.63) is 66.8 Å². The van der Waals surface area contributed by atoms with E-state index in [1.54, 1.807) is 0 Å². The van der Waals surface area contributed by atoms with E-state index < -0.39 is 46.8 Å². The Kier molecular flexibility index (Phi) is 8.75. The summed E-state index contributed by atoms with van der Waals surface area (Å²) in [6.07, 6.45) is -3.10. The monoisotopic (exact) mass is 669 g/mol. The smallest absolute Gasteiger partial charge is 0.401 e. The van der Waals surface area contributed by atoms with Crippen LogP contribution < -0.4 is 0 Å². The topological polar surface area (TPSA) is 49.7 Å². The average molecular weight is 672 g/mol. The molecule has 1 saturated carbocycles. The van der Waals surface area contributed by atoms with Gasteiger partial charge in [0, 0.05) is 0 Å². The van der Waals surface area contributed by atoms with Crippen molar-refractivity contribution >= 4 is 62.4 Å². The summed E-state index contributed by atoms with van der Waals surface area (Å²) in [6, 6.07) is 4.20. The third kappa shape index (κ3) is 5.24. The van der Waals surface area contributed by atoms with E-state index in [4.69, 9.17) is 34.8 Å². The highest BCUT2D eigenvalue weighted by Crippen LogP contribution is 2.60. The van der Waals surface area contributed by atoms with Crippen molar-refractivity contribution in [1.29, 1.82) is 0 Å². The molecule has 2 aliphatic rings. The lowest BCUT2D eigenvalue weighted by atomic mass is 9.57. The third-order valence-electron chi connectivity index (χ3n) is 8.35. The Hall–Kier alpha value is -1.35. The molecule has 0 amide bonds. The zero-order valence-electron chi connectivity index (χ0n) is 21.3. The summed E-state index contributed by atoms with van der Waals surface area (Å²) in [4.78, 5) is 17.6. The van der Waals surface area contributed by atoms with Gasteiger partial charge < -0.3 is 5.11 Å². The highest BCUT2D eigenvalue weighted by molar-refractivity contribution is 9.10. The SMILES string of the molecule is CC(C)C1CC[C@H](C)C[C@@H]1[C@H]1N=C(c2ccc(F)c(Br)c2)C(C(=O)O)C1(c1cc(Cl)c(Cl)c(Cl)c1)C(F)(F)F. The maximum atomic E-state index is 15.8. The number of carbonyl (C=O) groups is 1. The highest BCUT2D eigenvalue weighted by atomic mass is 79.9. The van der Waals surface area contributed by atoms with Crippen molar-refractivity contribution in [3.63, 3.8) is 0 Å². The van der Waals surface area contributed by atoms with E-state index in [0.29, 0.717) is 12.8 Å². The number of aliphatic carboxylic acids is 1. The van der Waals surface area contributed by atoms with E-state index in [2.05, 4.69) is 20.9 Å². The molecule has 0 spiro atoms. The van der Waals surface area contributed by atoms with Crippen LogP contribution in [0.1, 0.15) is 51.2 Å². The van der Waals surface area contributed by atoms with Gasteiger partial charge in [-0.25, -0.2) is 4.39 Å². The molecule has 3 unspecified atom stereocenters. The Bertz CT molecular complexity index is 1300. The number of halogens is 8. The Labute approximate surface area is 248 Å². The molecule has 1 aliphatic heterocycles. The summed E-state index contributed by atoms with van der Waals surface area (Å²) in [5.74, 6) is -5.07. The summed E-state index contributed by atoms with van der Waals surface area (Å²) in [5.41, 5.74) is -3.61. The molecule has 0 aromatic heterocycles. The van der Waals surface area contributed by atoms with E-state index in [0.717, 1.165) is 24.6 Å². The zero-order chi connectivity index (χ0) is 29.0. The standard InChI is InChI=1S/C28H27BrCl3F4NO2/c1-12(2)16-6-4-13(3)8-17(16)25-27(28(34,35)36,15-10-19(30)23(32)20(31)11-15)22(26(38)39)24(37-25)14-5-7-21(33)18(29)9-14/h5,7,9-13,16-17,22,25H,4,6,8H2,1-3H3,(H,38,39)/t13-,16?,17-,22?,25+,27?/m0/s1. The predicted molar refractivity (Wildman–Crippen MR) is 150 cm³/mol. The second-order valence-corrected chi connectivity index (χ2v) is 13.0. The Morgan fingerprint density at radius 2 is 1.74 bits per heavy atom. The van der Waals surface area contributed by atoms with Crippen LogP contribution in [0.5, 0.6) is 0 Å². The molecule has 1 N–H and O–H groups in total. The van der Waals surface area contributed by atoms with Crippen LogP contribution in [-0.4, -0.2) is 29.0 Å². The summed E-state index contributed by atoms with van der Waals surface area (Å²) in [5, 5.41) is 9.94. The molecule has 2 aromatic rings. The minimum absolute atomic E-state index is 0.0168. The molecule has 4 rings (SSSR count). The van der Waals surface area contributed by atoms with E-state index in [-0.39, 0.29) is 48.6 Å². The third-order valence-corrected chi connectivity index (χ3v) is 10.2. The molecule has 39 heavy (non-hydrogen) atoms. The first kappa shape index (κ1) is 30.6. The minimum atomic E-state index is -5.09. The van der Waals surface area contributed by atoms with Gasteiger partial charge in [-0.2, -0.15) is 13.2 Å². The fourth-order valence-electron chi connectivity index (χ4n) is 6.62. The van der Waals surface area contributed by atoms with Crippen molar-refractivity contribution in [3.8, 4) is 0 Å². The fraction of sp³-hybridized carbons (Fsp3) is 0.500. The number of carboxylic acid groups (broad SMARTS) is 1. The second kappa shape index (κ2) is 11.1. The number of hydrogen-bond acceptors (Lipinski definition) is 2.